The van der Waals surface area contributed by atoms with Gasteiger partial charge in [-0.2, -0.15) is 0 Å². The van der Waals surface area contributed by atoms with E-state index in [1.807, 2.05) is 30.0 Å². The van der Waals surface area contributed by atoms with Crippen molar-refractivity contribution in [3.05, 3.63) is 47.2 Å². The van der Waals surface area contributed by atoms with Crippen LogP contribution in [-0.4, -0.2) is 39.3 Å². The Hall–Kier alpha value is -2.16. The van der Waals surface area contributed by atoms with Crippen molar-refractivity contribution < 1.29 is 14.3 Å². The van der Waals surface area contributed by atoms with Gasteiger partial charge in [0.1, 0.15) is 4.61 Å². The molecule has 1 fully saturated rings. The van der Waals surface area contributed by atoms with E-state index in [0.717, 1.165) is 42.7 Å². The molecule has 2 heterocycles. The van der Waals surface area contributed by atoms with Crippen LogP contribution in [0.5, 0.6) is 5.75 Å². The lowest BCUT2D eigenvalue weighted by atomic mass is 9.96. The molecular formula is C23H26IN3O3. The van der Waals surface area contributed by atoms with Crippen LogP contribution < -0.4 is 10.1 Å². The van der Waals surface area contributed by atoms with Gasteiger partial charge in [0.25, 0.3) is 5.91 Å². The standard InChI is InChI=1S/C23H26IN3O3/c1-14-15(2)21(28)18-7-6-17(11-19(14)18)26-22-20(30-13-24)10-16(12-25-22)23(29)27-8-4-3-5-9-27/h6-7,10-12,14-15H,3-5,8-9,13H2,1-2H3,(H,25,26). The Bertz CT molecular complexity index is 972. The minimum Gasteiger partial charge on any atom is -0.479 e. The Morgan fingerprint density at radius 3 is 2.70 bits per heavy atom. The molecule has 1 aromatic heterocycles. The summed E-state index contributed by atoms with van der Waals surface area (Å²) in [6.45, 7) is 5.66. The zero-order chi connectivity index (χ0) is 21.3. The van der Waals surface area contributed by atoms with E-state index in [1.54, 1.807) is 12.3 Å². The Morgan fingerprint density at radius 1 is 1.20 bits per heavy atom. The topological polar surface area (TPSA) is 71.5 Å². The number of fused-ring (bicyclic) bond motifs is 1. The Balaban J connectivity index is 1.59. The van der Waals surface area contributed by atoms with Gasteiger partial charge >= 0.3 is 0 Å². The van der Waals surface area contributed by atoms with Gasteiger partial charge in [0, 0.05) is 36.5 Å². The summed E-state index contributed by atoms with van der Waals surface area (Å²) in [6.07, 6.45) is 4.89. The normalized spacial score (nSPS) is 20.8. The van der Waals surface area contributed by atoms with Crippen LogP contribution in [0.2, 0.25) is 0 Å². The molecule has 4 rings (SSSR count). The van der Waals surface area contributed by atoms with E-state index in [1.165, 1.54) is 6.42 Å². The molecule has 2 atom stereocenters. The number of nitrogens with one attached hydrogen (secondary N) is 1. The average Bonchev–Trinajstić information content (AvgIpc) is 2.99. The molecule has 1 aliphatic carbocycles. The molecule has 7 heteroatoms. The second-order valence-corrected chi connectivity index (χ2v) is 8.67. The fourth-order valence-corrected chi connectivity index (χ4v) is 4.56. The van der Waals surface area contributed by atoms with Gasteiger partial charge in [-0.05, 0) is 77.6 Å². The first-order chi connectivity index (χ1) is 14.5. The van der Waals surface area contributed by atoms with E-state index in [2.05, 4.69) is 39.8 Å². The van der Waals surface area contributed by atoms with Crippen LogP contribution in [0.1, 0.15) is 65.3 Å². The number of anilines is 2. The monoisotopic (exact) mass is 519 g/mol. The number of pyridine rings is 1. The number of alkyl halides is 1. The molecule has 2 aromatic rings. The third-order valence-corrected chi connectivity index (χ3v) is 6.50. The highest BCUT2D eigenvalue weighted by molar-refractivity contribution is 14.1. The number of halogens is 1. The third-order valence-electron chi connectivity index (χ3n) is 6.19. The molecule has 1 aromatic carbocycles. The molecule has 30 heavy (non-hydrogen) atoms. The van der Waals surface area contributed by atoms with Crippen LogP contribution in [0.15, 0.2) is 30.5 Å². The molecule has 1 N–H and O–H groups in total. The van der Waals surface area contributed by atoms with Crippen LogP contribution in [0.25, 0.3) is 0 Å². The summed E-state index contributed by atoms with van der Waals surface area (Å²) >= 11 is 2.13. The summed E-state index contributed by atoms with van der Waals surface area (Å²) in [4.78, 5) is 31.6. The maximum atomic E-state index is 12.8. The van der Waals surface area contributed by atoms with Crippen molar-refractivity contribution >= 4 is 45.8 Å². The maximum Gasteiger partial charge on any atom is 0.255 e. The lowest BCUT2D eigenvalue weighted by Gasteiger charge is -2.26. The van der Waals surface area contributed by atoms with Gasteiger partial charge in [-0.3, -0.25) is 9.59 Å². The summed E-state index contributed by atoms with van der Waals surface area (Å²) in [5, 5.41) is 3.31. The van der Waals surface area contributed by atoms with E-state index in [9.17, 15) is 9.59 Å². The number of carbonyl (C=O) groups is 2. The van der Waals surface area contributed by atoms with Crippen molar-refractivity contribution in [1.82, 2.24) is 9.88 Å². The molecular weight excluding hydrogens is 493 g/mol. The molecule has 0 saturated carbocycles. The van der Waals surface area contributed by atoms with Crippen LogP contribution in [-0.2, 0) is 0 Å². The van der Waals surface area contributed by atoms with E-state index >= 15 is 0 Å². The number of ether oxygens (including phenoxy) is 1. The van der Waals surface area contributed by atoms with Crippen molar-refractivity contribution in [3.63, 3.8) is 0 Å². The van der Waals surface area contributed by atoms with E-state index in [-0.39, 0.29) is 23.5 Å². The minimum absolute atomic E-state index is 0.00548. The number of piperidine rings is 1. The molecule has 1 aliphatic heterocycles. The number of benzene rings is 1. The third kappa shape index (κ3) is 4.04. The number of ketones is 1. The fraction of sp³-hybridized carbons (Fsp3) is 0.435. The molecule has 0 bridgehead atoms. The molecule has 0 spiro atoms. The molecule has 1 saturated heterocycles. The Morgan fingerprint density at radius 2 is 1.97 bits per heavy atom. The first-order valence-electron chi connectivity index (χ1n) is 10.4. The summed E-state index contributed by atoms with van der Waals surface area (Å²) in [7, 11) is 0. The number of carbonyl (C=O) groups excluding carboxylic acids is 2. The number of Topliss-reactive ketones (excluding diaryl/α,β-unsaturated/α-hetero) is 1. The summed E-state index contributed by atoms with van der Waals surface area (Å²) in [5.74, 6) is 1.52. The molecule has 6 nitrogen and oxygen atoms in total. The second kappa shape index (κ2) is 8.91. The number of rotatable bonds is 5. The van der Waals surface area contributed by atoms with Crippen LogP contribution in [0.4, 0.5) is 11.5 Å². The number of aromatic nitrogens is 1. The van der Waals surface area contributed by atoms with Crippen molar-refractivity contribution in [2.75, 3.05) is 23.0 Å². The van der Waals surface area contributed by atoms with Gasteiger partial charge in [0.05, 0.1) is 5.56 Å². The van der Waals surface area contributed by atoms with Gasteiger partial charge in [0.15, 0.2) is 17.4 Å². The SMILES string of the molecule is CC1C(=O)c2ccc(Nc3ncc(C(=O)N4CCCCC4)cc3OCI)cc2C1C. The van der Waals surface area contributed by atoms with Gasteiger partial charge in [-0.15, -0.1) is 0 Å². The number of likely N-dealkylation sites (tertiary alicyclic amines) is 1. The number of hydrogen-bond acceptors (Lipinski definition) is 5. The van der Waals surface area contributed by atoms with Crippen molar-refractivity contribution in [2.45, 2.75) is 39.0 Å². The molecule has 2 unspecified atom stereocenters. The van der Waals surface area contributed by atoms with Crippen molar-refractivity contribution in [2.24, 2.45) is 5.92 Å². The summed E-state index contributed by atoms with van der Waals surface area (Å²) in [6, 6.07) is 7.56. The van der Waals surface area contributed by atoms with E-state index < -0.39 is 0 Å². The Kier molecular flexibility index (Phi) is 6.26. The average molecular weight is 519 g/mol. The highest BCUT2D eigenvalue weighted by Gasteiger charge is 2.33. The summed E-state index contributed by atoms with van der Waals surface area (Å²) < 4.78 is 6.22. The lowest BCUT2D eigenvalue weighted by molar-refractivity contribution is 0.0723. The molecule has 2 aliphatic rings. The highest BCUT2D eigenvalue weighted by Crippen LogP contribution is 2.39. The predicted molar refractivity (Wildman–Crippen MR) is 125 cm³/mol. The lowest BCUT2D eigenvalue weighted by Crippen LogP contribution is -2.35. The van der Waals surface area contributed by atoms with Crippen LogP contribution in [0.3, 0.4) is 0 Å². The van der Waals surface area contributed by atoms with E-state index in [0.29, 0.717) is 21.7 Å². The van der Waals surface area contributed by atoms with Crippen LogP contribution >= 0.6 is 22.6 Å². The van der Waals surface area contributed by atoms with Crippen LogP contribution in [0, 0.1) is 5.92 Å². The quantitative estimate of drug-likeness (QED) is 0.437. The molecule has 1 amide bonds. The Labute approximate surface area is 190 Å². The maximum absolute atomic E-state index is 12.8. The smallest absolute Gasteiger partial charge is 0.255 e. The molecule has 0 radical (unpaired) electrons. The number of hydrogen-bond donors (Lipinski definition) is 1. The zero-order valence-electron chi connectivity index (χ0n) is 17.3. The van der Waals surface area contributed by atoms with Crippen molar-refractivity contribution in [3.8, 4) is 5.75 Å². The minimum atomic E-state index is 0.00548. The van der Waals surface area contributed by atoms with Gasteiger partial charge in [-0.25, -0.2) is 4.98 Å². The first-order valence-corrected chi connectivity index (χ1v) is 12.0. The van der Waals surface area contributed by atoms with E-state index in [4.69, 9.17) is 4.74 Å². The van der Waals surface area contributed by atoms with Gasteiger partial charge < -0.3 is 15.0 Å². The largest absolute Gasteiger partial charge is 0.479 e. The van der Waals surface area contributed by atoms with Gasteiger partial charge in [0.2, 0.25) is 0 Å². The number of amides is 1. The van der Waals surface area contributed by atoms with Crippen molar-refractivity contribution in [1.29, 1.82) is 0 Å². The zero-order valence-corrected chi connectivity index (χ0v) is 19.4. The van der Waals surface area contributed by atoms with Gasteiger partial charge in [-0.1, -0.05) is 13.8 Å². The number of nitrogens with zero attached hydrogens (tertiary/aromatic N) is 2. The highest BCUT2D eigenvalue weighted by atomic mass is 127. The predicted octanol–water partition coefficient (Wildman–Crippen LogP) is 5.16. The molecule has 158 valence electrons. The first kappa shape index (κ1) is 21.1. The second-order valence-electron chi connectivity index (χ2n) is 8.05. The fourth-order valence-electron chi connectivity index (χ4n) is 4.22. The summed E-state index contributed by atoms with van der Waals surface area (Å²) in [5.41, 5.74) is 3.26.